The summed E-state index contributed by atoms with van der Waals surface area (Å²) in [4.78, 5) is 13.3. The minimum atomic E-state index is -0.636. The summed E-state index contributed by atoms with van der Waals surface area (Å²) in [6.07, 6.45) is 4.60. The van der Waals surface area contributed by atoms with Crippen LogP contribution in [0.3, 0.4) is 0 Å². The molecule has 1 spiro atoms. The molecule has 6 heteroatoms. The SMILES string of the molecule is C=CC[C@]12C[C@@]3(OCOC3=CC1=O)[C@H](C)[C@@H]2c1cc(OC)c(OC)c(OC)c1. The van der Waals surface area contributed by atoms with Crippen LogP contribution in [0.4, 0.5) is 0 Å². The fourth-order valence-electron chi connectivity index (χ4n) is 5.49. The van der Waals surface area contributed by atoms with E-state index in [9.17, 15) is 4.79 Å². The van der Waals surface area contributed by atoms with Crippen LogP contribution in [0, 0.1) is 11.3 Å². The maximum atomic E-state index is 13.3. The van der Waals surface area contributed by atoms with E-state index in [-0.39, 0.29) is 24.4 Å². The molecule has 1 aromatic carbocycles. The first-order valence-electron chi connectivity index (χ1n) is 9.41. The van der Waals surface area contributed by atoms with Crippen molar-refractivity contribution in [2.45, 2.75) is 31.3 Å². The topological polar surface area (TPSA) is 63.2 Å². The van der Waals surface area contributed by atoms with Gasteiger partial charge >= 0.3 is 0 Å². The van der Waals surface area contributed by atoms with Crippen molar-refractivity contribution >= 4 is 5.78 Å². The number of carbonyl (C=O) groups excluding carboxylic acids is 1. The number of methoxy groups -OCH3 is 3. The summed E-state index contributed by atoms with van der Waals surface area (Å²) in [6.45, 7) is 6.22. The molecular formula is C22H26O6. The van der Waals surface area contributed by atoms with E-state index in [4.69, 9.17) is 23.7 Å². The number of ketones is 1. The van der Waals surface area contributed by atoms with E-state index in [1.54, 1.807) is 27.4 Å². The van der Waals surface area contributed by atoms with E-state index in [1.165, 1.54) is 0 Å². The van der Waals surface area contributed by atoms with Crippen molar-refractivity contribution in [3.05, 3.63) is 42.2 Å². The zero-order valence-electron chi connectivity index (χ0n) is 16.7. The molecule has 1 saturated carbocycles. The molecule has 0 unspecified atom stereocenters. The molecule has 2 aliphatic carbocycles. The van der Waals surface area contributed by atoms with Crippen LogP contribution in [0.15, 0.2) is 36.6 Å². The lowest BCUT2D eigenvalue weighted by Crippen LogP contribution is -2.39. The molecule has 1 heterocycles. The Morgan fingerprint density at radius 1 is 1.21 bits per heavy atom. The minimum Gasteiger partial charge on any atom is -0.493 e. The van der Waals surface area contributed by atoms with Crippen LogP contribution in [0.5, 0.6) is 17.2 Å². The molecule has 1 saturated heterocycles. The van der Waals surface area contributed by atoms with Crippen LogP contribution in [0.2, 0.25) is 0 Å². The second kappa shape index (κ2) is 6.55. The summed E-state index contributed by atoms with van der Waals surface area (Å²) in [6, 6.07) is 3.88. The number of fused-ring (bicyclic) bond motifs is 1. The molecule has 1 aromatic rings. The molecule has 150 valence electrons. The third-order valence-corrected chi connectivity index (χ3v) is 6.66. The normalized spacial score (nSPS) is 33.0. The quantitative estimate of drug-likeness (QED) is 0.696. The van der Waals surface area contributed by atoms with Crippen molar-refractivity contribution < 1.29 is 28.5 Å². The lowest BCUT2D eigenvalue weighted by atomic mass is 9.67. The summed E-state index contributed by atoms with van der Waals surface area (Å²) in [5.74, 6) is 2.30. The highest BCUT2D eigenvalue weighted by atomic mass is 16.7. The van der Waals surface area contributed by atoms with Crippen LogP contribution >= 0.6 is 0 Å². The Morgan fingerprint density at radius 2 is 1.89 bits per heavy atom. The van der Waals surface area contributed by atoms with Crippen LogP contribution in [-0.2, 0) is 14.3 Å². The second-order valence-electron chi connectivity index (χ2n) is 7.72. The lowest BCUT2D eigenvalue weighted by Gasteiger charge is -2.35. The molecule has 4 rings (SSSR count). The van der Waals surface area contributed by atoms with Crippen molar-refractivity contribution in [1.82, 2.24) is 0 Å². The number of hydrogen-bond donors (Lipinski definition) is 0. The number of carbonyl (C=O) groups is 1. The summed E-state index contributed by atoms with van der Waals surface area (Å²) >= 11 is 0. The summed E-state index contributed by atoms with van der Waals surface area (Å²) < 4.78 is 28.4. The molecule has 0 N–H and O–H groups in total. The summed E-state index contributed by atoms with van der Waals surface area (Å²) in [7, 11) is 4.76. The smallest absolute Gasteiger partial charge is 0.203 e. The molecular weight excluding hydrogens is 360 g/mol. The van der Waals surface area contributed by atoms with Gasteiger partial charge in [0.15, 0.2) is 24.1 Å². The van der Waals surface area contributed by atoms with E-state index < -0.39 is 11.0 Å². The zero-order chi connectivity index (χ0) is 20.1. The fraction of sp³-hybridized carbons (Fsp3) is 0.500. The first-order valence-corrected chi connectivity index (χ1v) is 9.41. The Bertz CT molecular complexity index is 834. The Morgan fingerprint density at radius 3 is 2.46 bits per heavy atom. The van der Waals surface area contributed by atoms with E-state index in [2.05, 4.69) is 13.5 Å². The van der Waals surface area contributed by atoms with Gasteiger partial charge < -0.3 is 23.7 Å². The number of benzene rings is 1. The van der Waals surface area contributed by atoms with Gasteiger partial charge in [-0.1, -0.05) is 13.0 Å². The summed E-state index contributed by atoms with van der Waals surface area (Å²) in [5.41, 5.74) is -0.260. The Kier molecular flexibility index (Phi) is 4.42. The average molecular weight is 386 g/mol. The van der Waals surface area contributed by atoms with Gasteiger partial charge in [-0.15, -0.1) is 6.58 Å². The first-order chi connectivity index (χ1) is 13.5. The van der Waals surface area contributed by atoms with Crippen LogP contribution in [-0.4, -0.2) is 39.5 Å². The standard InChI is InChI=1S/C22H26O6/c1-6-7-21-11-22(18(10-17(21)23)27-12-28-22)13(2)19(21)14-8-15(24-3)20(26-5)16(9-14)25-4/h6,8-10,13,19H,1,7,11-12H2,2-5H3/t13-,19-,21+,22-/m1/s1. The average Bonchev–Trinajstić information content (AvgIpc) is 3.20. The van der Waals surface area contributed by atoms with Gasteiger partial charge in [-0.2, -0.15) is 0 Å². The molecule has 0 aromatic heterocycles. The second-order valence-corrected chi connectivity index (χ2v) is 7.72. The Balaban J connectivity index is 1.92. The molecule has 0 radical (unpaired) electrons. The molecule has 2 bridgehead atoms. The van der Waals surface area contributed by atoms with E-state index in [1.807, 2.05) is 18.2 Å². The van der Waals surface area contributed by atoms with Gasteiger partial charge in [0.2, 0.25) is 5.75 Å². The number of allylic oxidation sites excluding steroid dienone is 2. The molecule has 6 nitrogen and oxygen atoms in total. The van der Waals surface area contributed by atoms with Gasteiger partial charge in [0.1, 0.15) is 11.4 Å². The maximum Gasteiger partial charge on any atom is 0.203 e. The fourth-order valence-corrected chi connectivity index (χ4v) is 5.49. The molecule has 4 atom stereocenters. The Labute approximate surface area is 165 Å². The predicted molar refractivity (Wildman–Crippen MR) is 103 cm³/mol. The lowest BCUT2D eigenvalue weighted by molar-refractivity contribution is -0.126. The summed E-state index contributed by atoms with van der Waals surface area (Å²) in [5, 5.41) is 0. The Hall–Kier alpha value is -2.47. The third-order valence-electron chi connectivity index (χ3n) is 6.66. The van der Waals surface area contributed by atoms with Gasteiger partial charge in [-0.3, -0.25) is 4.79 Å². The number of ether oxygens (including phenoxy) is 5. The van der Waals surface area contributed by atoms with Gasteiger partial charge in [-0.05, 0) is 30.5 Å². The van der Waals surface area contributed by atoms with Crippen molar-refractivity contribution in [1.29, 1.82) is 0 Å². The van der Waals surface area contributed by atoms with Gasteiger partial charge in [0.25, 0.3) is 0 Å². The molecule has 3 aliphatic rings. The molecule has 1 aliphatic heterocycles. The first kappa shape index (κ1) is 18.9. The van der Waals surface area contributed by atoms with Crippen LogP contribution in [0.1, 0.15) is 31.2 Å². The molecule has 0 amide bonds. The highest BCUT2D eigenvalue weighted by Crippen LogP contribution is 2.67. The van der Waals surface area contributed by atoms with E-state index in [0.717, 1.165) is 5.56 Å². The largest absolute Gasteiger partial charge is 0.493 e. The van der Waals surface area contributed by atoms with E-state index in [0.29, 0.717) is 35.8 Å². The van der Waals surface area contributed by atoms with Crippen molar-refractivity contribution in [2.75, 3.05) is 28.1 Å². The molecule has 28 heavy (non-hydrogen) atoms. The highest BCUT2D eigenvalue weighted by molar-refractivity contribution is 5.99. The number of hydrogen-bond acceptors (Lipinski definition) is 6. The van der Waals surface area contributed by atoms with Crippen molar-refractivity contribution in [3.63, 3.8) is 0 Å². The predicted octanol–water partition coefficient (Wildman–Crippen LogP) is 3.61. The van der Waals surface area contributed by atoms with Gasteiger partial charge in [0, 0.05) is 23.3 Å². The zero-order valence-corrected chi connectivity index (χ0v) is 16.7. The van der Waals surface area contributed by atoms with Gasteiger partial charge in [-0.25, -0.2) is 0 Å². The van der Waals surface area contributed by atoms with Crippen LogP contribution < -0.4 is 14.2 Å². The van der Waals surface area contributed by atoms with Crippen molar-refractivity contribution in [2.24, 2.45) is 11.3 Å². The van der Waals surface area contributed by atoms with Crippen molar-refractivity contribution in [3.8, 4) is 17.2 Å². The maximum absolute atomic E-state index is 13.3. The highest BCUT2D eigenvalue weighted by Gasteiger charge is 2.68. The monoisotopic (exact) mass is 386 g/mol. The van der Waals surface area contributed by atoms with E-state index >= 15 is 0 Å². The van der Waals surface area contributed by atoms with Crippen LogP contribution in [0.25, 0.3) is 0 Å². The minimum absolute atomic E-state index is 0.0236. The number of rotatable bonds is 6. The third kappa shape index (κ3) is 2.27. The van der Waals surface area contributed by atoms with Gasteiger partial charge in [0.05, 0.1) is 21.3 Å². The molecule has 2 fully saturated rings.